The highest BCUT2D eigenvalue weighted by Crippen LogP contribution is 2.41. The summed E-state index contributed by atoms with van der Waals surface area (Å²) in [4.78, 5) is 17.4. The van der Waals surface area contributed by atoms with E-state index in [4.69, 9.17) is 5.14 Å². The molecule has 1 amide bonds. The molecule has 3 heterocycles. The summed E-state index contributed by atoms with van der Waals surface area (Å²) in [7, 11) is -3.77. The lowest BCUT2D eigenvalue weighted by Gasteiger charge is -2.33. The molecule has 1 aromatic heterocycles. The van der Waals surface area contributed by atoms with Gasteiger partial charge in [0.2, 0.25) is 10.0 Å². The van der Waals surface area contributed by atoms with E-state index in [-0.39, 0.29) is 22.9 Å². The van der Waals surface area contributed by atoms with Gasteiger partial charge in [-0.3, -0.25) is 9.69 Å². The van der Waals surface area contributed by atoms with Crippen molar-refractivity contribution in [1.29, 1.82) is 0 Å². The average molecular weight is 624 g/mol. The standard InChI is InChI=1S/C32H32F3N5O3S/c33-25-8-10-26(11-9-25)40-30(24-14-16-38(17-15-24)19-22-6-12-27(13-7-22)44(36,42)43)28(18-37-40)31(41)39-20-29(32(34,35)21-39)23-4-2-1-3-5-23/h1-13,18,24,29H,14-17,19-21H2,(H2,36,42,43)/t29-/m1/s1. The summed E-state index contributed by atoms with van der Waals surface area (Å²) in [5, 5.41) is 9.70. The molecule has 0 bridgehead atoms. The molecule has 2 N–H and O–H groups in total. The first-order valence-electron chi connectivity index (χ1n) is 14.4. The van der Waals surface area contributed by atoms with E-state index in [0.29, 0.717) is 49.4 Å². The van der Waals surface area contributed by atoms with Crippen LogP contribution >= 0.6 is 0 Å². The Morgan fingerprint density at radius 2 is 1.61 bits per heavy atom. The zero-order valence-electron chi connectivity index (χ0n) is 23.8. The summed E-state index contributed by atoms with van der Waals surface area (Å²) in [6.07, 6.45) is 2.78. The number of nitrogens with zero attached hydrogens (tertiary/aromatic N) is 4. The maximum Gasteiger partial charge on any atom is 0.273 e. The molecule has 1 atom stereocenters. The lowest BCUT2D eigenvalue weighted by Crippen LogP contribution is -2.35. The van der Waals surface area contributed by atoms with E-state index in [0.717, 1.165) is 5.56 Å². The van der Waals surface area contributed by atoms with Crippen molar-refractivity contribution >= 4 is 15.9 Å². The van der Waals surface area contributed by atoms with Gasteiger partial charge in [0.05, 0.1) is 40.5 Å². The Kier molecular flexibility index (Phi) is 8.08. The van der Waals surface area contributed by atoms with Crippen molar-refractivity contribution < 1.29 is 26.4 Å². The van der Waals surface area contributed by atoms with Gasteiger partial charge in [-0.15, -0.1) is 0 Å². The molecular weight excluding hydrogens is 591 g/mol. The Hall–Kier alpha value is -4.00. The number of primary sulfonamides is 1. The second-order valence-corrected chi connectivity index (χ2v) is 13.0. The molecule has 3 aromatic carbocycles. The van der Waals surface area contributed by atoms with Crippen LogP contribution in [0.5, 0.6) is 0 Å². The van der Waals surface area contributed by atoms with Crippen molar-refractivity contribution in [1.82, 2.24) is 19.6 Å². The van der Waals surface area contributed by atoms with Gasteiger partial charge >= 0.3 is 0 Å². The van der Waals surface area contributed by atoms with Gasteiger partial charge in [-0.2, -0.15) is 5.10 Å². The van der Waals surface area contributed by atoms with Gasteiger partial charge in [-0.25, -0.2) is 31.4 Å². The number of piperidine rings is 1. The number of likely N-dealkylation sites (tertiary alicyclic amines) is 2. The van der Waals surface area contributed by atoms with E-state index in [1.165, 1.54) is 35.4 Å². The zero-order chi connectivity index (χ0) is 31.1. The Labute approximate surface area is 253 Å². The largest absolute Gasteiger partial charge is 0.332 e. The minimum absolute atomic E-state index is 0.0528. The number of halogens is 3. The number of carbonyl (C=O) groups excluding carboxylic acids is 1. The highest BCUT2D eigenvalue weighted by atomic mass is 32.2. The number of carbonyl (C=O) groups is 1. The van der Waals surface area contributed by atoms with E-state index in [1.807, 2.05) is 0 Å². The first kappa shape index (κ1) is 30.0. The predicted molar refractivity (Wildman–Crippen MR) is 159 cm³/mol. The van der Waals surface area contributed by atoms with Crippen LogP contribution in [0, 0.1) is 5.82 Å². The van der Waals surface area contributed by atoms with E-state index in [2.05, 4.69) is 10.00 Å². The summed E-state index contributed by atoms with van der Waals surface area (Å²) in [6.45, 7) is 1.17. The molecule has 0 aliphatic carbocycles. The van der Waals surface area contributed by atoms with Crippen LogP contribution in [-0.2, 0) is 16.6 Å². The van der Waals surface area contributed by atoms with E-state index < -0.39 is 40.1 Å². The predicted octanol–water partition coefficient (Wildman–Crippen LogP) is 4.91. The van der Waals surface area contributed by atoms with Gasteiger partial charge in [-0.05, 0) is 73.5 Å². The summed E-state index contributed by atoms with van der Waals surface area (Å²) in [5.41, 5.74) is 2.90. The first-order valence-corrected chi connectivity index (χ1v) is 15.9. The van der Waals surface area contributed by atoms with E-state index in [1.54, 1.807) is 59.3 Å². The molecule has 2 aliphatic rings. The number of aromatic nitrogens is 2. The minimum Gasteiger partial charge on any atom is -0.332 e. The Morgan fingerprint density at radius 3 is 2.25 bits per heavy atom. The molecule has 2 aliphatic heterocycles. The number of nitrogens with two attached hydrogens (primary N) is 1. The third kappa shape index (κ3) is 6.15. The number of hydrogen-bond donors (Lipinski definition) is 1. The average Bonchev–Trinajstić information content (AvgIpc) is 3.59. The number of sulfonamides is 1. The van der Waals surface area contributed by atoms with Crippen LogP contribution in [0.4, 0.5) is 13.2 Å². The molecule has 0 radical (unpaired) electrons. The quantitative estimate of drug-likeness (QED) is 0.315. The van der Waals surface area contributed by atoms with Crippen LogP contribution in [0.1, 0.15) is 51.9 Å². The SMILES string of the molecule is NS(=O)(=O)c1ccc(CN2CCC(c3c(C(=O)N4C[C@H](c5ccccc5)C(F)(F)C4)cnn3-c3ccc(F)cc3)CC2)cc1. The van der Waals surface area contributed by atoms with Crippen molar-refractivity contribution in [2.75, 3.05) is 26.2 Å². The molecule has 2 saturated heterocycles. The first-order chi connectivity index (χ1) is 21.0. The second-order valence-electron chi connectivity index (χ2n) is 11.5. The summed E-state index contributed by atoms with van der Waals surface area (Å²) < 4.78 is 68.9. The molecule has 2 fully saturated rings. The Bertz CT molecular complexity index is 1740. The van der Waals surface area contributed by atoms with Crippen LogP contribution in [0.3, 0.4) is 0 Å². The Balaban J connectivity index is 1.24. The van der Waals surface area contributed by atoms with Gasteiger partial charge in [0.15, 0.2) is 0 Å². The smallest absolute Gasteiger partial charge is 0.273 e. The van der Waals surface area contributed by atoms with Crippen molar-refractivity contribution in [2.45, 2.75) is 42.0 Å². The van der Waals surface area contributed by atoms with Gasteiger partial charge in [0, 0.05) is 19.0 Å². The fourth-order valence-corrected chi connectivity index (χ4v) is 6.77. The molecule has 12 heteroatoms. The van der Waals surface area contributed by atoms with Gasteiger partial charge in [0.25, 0.3) is 11.8 Å². The molecule has 0 unspecified atom stereocenters. The maximum absolute atomic E-state index is 15.2. The minimum atomic E-state index is -3.77. The molecule has 0 saturated carbocycles. The molecule has 44 heavy (non-hydrogen) atoms. The fraction of sp³-hybridized carbons (Fsp3) is 0.312. The number of benzene rings is 3. The normalized spacial score (nSPS) is 19.4. The lowest BCUT2D eigenvalue weighted by molar-refractivity contribution is -0.00244. The molecule has 4 aromatic rings. The third-order valence-corrected chi connectivity index (χ3v) is 9.47. The lowest BCUT2D eigenvalue weighted by atomic mass is 9.90. The molecule has 6 rings (SSSR count). The second kappa shape index (κ2) is 11.8. The monoisotopic (exact) mass is 623 g/mol. The topological polar surface area (TPSA) is 102 Å². The maximum atomic E-state index is 15.2. The number of alkyl halides is 2. The summed E-state index contributed by atoms with van der Waals surface area (Å²) >= 11 is 0. The van der Waals surface area contributed by atoms with Crippen molar-refractivity contribution in [2.24, 2.45) is 5.14 Å². The van der Waals surface area contributed by atoms with Gasteiger partial charge in [-0.1, -0.05) is 42.5 Å². The Morgan fingerprint density at radius 1 is 0.955 bits per heavy atom. The fourth-order valence-electron chi connectivity index (χ4n) is 6.25. The van der Waals surface area contributed by atoms with Gasteiger partial charge < -0.3 is 4.90 Å². The van der Waals surface area contributed by atoms with Crippen molar-refractivity contribution in [3.63, 3.8) is 0 Å². The summed E-state index contributed by atoms with van der Waals surface area (Å²) in [6, 6.07) is 20.8. The van der Waals surface area contributed by atoms with E-state index in [9.17, 15) is 17.6 Å². The number of amides is 1. The molecule has 0 spiro atoms. The molecular formula is C32H32F3N5O3S. The third-order valence-electron chi connectivity index (χ3n) is 8.54. The van der Waals surface area contributed by atoms with Gasteiger partial charge in [0.1, 0.15) is 5.82 Å². The molecule has 230 valence electrons. The number of hydrogen-bond acceptors (Lipinski definition) is 5. The summed E-state index contributed by atoms with van der Waals surface area (Å²) in [5.74, 6) is -5.19. The van der Waals surface area contributed by atoms with E-state index >= 15 is 8.78 Å². The highest BCUT2D eigenvalue weighted by Gasteiger charge is 2.50. The molecule has 8 nitrogen and oxygen atoms in total. The highest BCUT2D eigenvalue weighted by molar-refractivity contribution is 7.89. The zero-order valence-corrected chi connectivity index (χ0v) is 24.6. The van der Waals surface area contributed by atoms with Crippen LogP contribution < -0.4 is 5.14 Å². The van der Waals surface area contributed by atoms with Crippen molar-refractivity contribution in [3.05, 3.63) is 113 Å². The van der Waals surface area contributed by atoms with Crippen molar-refractivity contribution in [3.8, 4) is 5.69 Å². The van der Waals surface area contributed by atoms with Crippen LogP contribution in [0.25, 0.3) is 5.69 Å². The van der Waals surface area contributed by atoms with Crippen LogP contribution in [0.15, 0.2) is 90.0 Å². The van der Waals surface area contributed by atoms with Crippen LogP contribution in [0.2, 0.25) is 0 Å². The van der Waals surface area contributed by atoms with Crippen LogP contribution in [-0.4, -0.2) is 66.0 Å². The number of rotatable bonds is 7.